The molecule has 2 atom stereocenters. The third kappa shape index (κ3) is 2.02. The Morgan fingerprint density at radius 3 is 2.92 bits per heavy atom. The summed E-state index contributed by atoms with van der Waals surface area (Å²) in [4.78, 5) is 12.7. The van der Waals surface area contributed by atoms with E-state index in [-0.39, 0.29) is 5.82 Å². The summed E-state index contributed by atoms with van der Waals surface area (Å²) in [5.74, 6) is 0.844. The summed E-state index contributed by atoms with van der Waals surface area (Å²) in [7, 11) is 0. The van der Waals surface area contributed by atoms with E-state index in [1.54, 1.807) is 6.07 Å². The highest BCUT2D eigenvalue weighted by Crippen LogP contribution is 2.35. The largest absolute Gasteiger partial charge is 0.372 e. The van der Waals surface area contributed by atoms with Crippen molar-refractivity contribution < 1.29 is 9.13 Å². The molecular weight excluding hydrogens is 331 g/mol. The van der Waals surface area contributed by atoms with Crippen molar-refractivity contribution in [2.45, 2.75) is 25.1 Å². The maximum absolute atomic E-state index is 13.5. The van der Waals surface area contributed by atoms with Crippen LogP contribution in [-0.4, -0.2) is 41.8 Å². The number of pyridine rings is 1. The molecule has 3 aliphatic rings. The number of H-pyrrole nitrogens is 1. The van der Waals surface area contributed by atoms with Crippen molar-refractivity contribution in [1.82, 2.24) is 9.97 Å². The monoisotopic (exact) mass is 350 g/mol. The van der Waals surface area contributed by atoms with Gasteiger partial charge < -0.3 is 19.5 Å². The van der Waals surface area contributed by atoms with E-state index in [9.17, 15) is 4.39 Å². The second-order valence-electron chi connectivity index (χ2n) is 7.41. The first-order valence-electron chi connectivity index (χ1n) is 9.14. The number of hydrogen-bond acceptors (Lipinski definition) is 4. The molecule has 0 bridgehead atoms. The first kappa shape index (κ1) is 14.6. The Balaban J connectivity index is 1.26. The highest BCUT2D eigenvalue weighted by Gasteiger charge is 2.47. The number of hydrogen-bond donors (Lipinski definition) is 1. The summed E-state index contributed by atoms with van der Waals surface area (Å²) in [6.45, 7) is 3.54. The second kappa shape index (κ2) is 5.20. The van der Waals surface area contributed by atoms with Crippen LogP contribution in [0.25, 0.3) is 10.9 Å². The van der Waals surface area contributed by atoms with E-state index in [4.69, 9.17) is 4.74 Å². The second-order valence-corrected chi connectivity index (χ2v) is 7.41. The van der Waals surface area contributed by atoms with Crippen LogP contribution in [0.2, 0.25) is 0 Å². The van der Waals surface area contributed by atoms with Gasteiger partial charge in [-0.3, -0.25) is 0 Å². The molecule has 1 unspecified atom stereocenters. The average molecular weight is 350 g/mol. The number of aromatic nitrogens is 2. The molecular formula is C20H19FN4O. The van der Waals surface area contributed by atoms with Crippen LogP contribution in [0.15, 0.2) is 36.5 Å². The van der Waals surface area contributed by atoms with Gasteiger partial charge in [0.05, 0.1) is 30.6 Å². The van der Waals surface area contributed by atoms with E-state index in [0.29, 0.717) is 12.1 Å². The summed E-state index contributed by atoms with van der Waals surface area (Å²) in [6, 6.07) is 9.80. The zero-order chi connectivity index (χ0) is 17.3. The fourth-order valence-electron chi connectivity index (χ4n) is 4.39. The van der Waals surface area contributed by atoms with Gasteiger partial charge in [-0.15, -0.1) is 0 Å². The van der Waals surface area contributed by atoms with Crippen molar-refractivity contribution in [3.63, 3.8) is 0 Å². The number of anilines is 2. The normalized spacial score (nSPS) is 24.0. The Kier molecular flexibility index (Phi) is 2.91. The number of rotatable bonds is 2. The fourth-order valence-corrected chi connectivity index (χ4v) is 4.39. The first-order chi connectivity index (χ1) is 12.8. The molecule has 0 amide bonds. The number of aromatic amines is 1. The summed E-state index contributed by atoms with van der Waals surface area (Å²) < 4.78 is 18.9. The van der Waals surface area contributed by atoms with Gasteiger partial charge in [0.2, 0.25) is 0 Å². The van der Waals surface area contributed by atoms with Crippen LogP contribution >= 0.6 is 0 Å². The van der Waals surface area contributed by atoms with Gasteiger partial charge in [0.1, 0.15) is 11.6 Å². The molecule has 2 aromatic heterocycles. The standard InChI is InChI=1S/C20H19FN4O/c21-12-1-3-14-15-9-24(6-5-16(15)23-17(14)7-12)13-2-4-20(22-8-13)25-10-19-18(25)11-26-19/h1-4,7-8,18-19,23H,5-6,9-11H2/t18?,19-/m0/s1. The molecule has 132 valence electrons. The lowest BCUT2D eigenvalue weighted by atomic mass is 9.95. The van der Waals surface area contributed by atoms with Gasteiger partial charge in [0.25, 0.3) is 0 Å². The Morgan fingerprint density at radius 1 is 1.23 bits per heavy atom. The molecule has 2 fully saturated rings. The Morgan fingerprint density at radius 2 is 2.19 bits per heavy atom. The lowest BCUT2D eigenvalue weighted by Crippen LogP contribution is -2.71. The van der Waals surface area contributed by atoms with E-state index in [2.05, 4.69) is 31.9 Å². The summed E-state index contributed by atoms with van der Waals surface area (Å²) in [6.07, 6.45) is 3.33. The highest BCUT2D eigenvalue weighted by molar-refractivity contribution is 5.85. The van der Waals surface area contributed by atoms with Crippen molar-refractivity contribution >= 4 is 22.4 Å². The van der Waals surface area contributed by atoms with Gasteiger partial charge in [-0.1, -0.05) is 0 Å². The Hall–Kier alpha value is -2.60. The van der Waals surface area contributed by atoms with Crippen molar-refractivity contribution in [3.8, 4) is 0 Å². The van der Waals surface area contributed by atoms with Gasteiger partial charge >= 0.3 is 0 Å². The van der Waals surface area contributed by atoms with Crippen LogP contribution in [0.3, 0.4) is 0 Å². The molecule has 0 radical (unpaired) electrons. The maximum atomic E-state index is 13.5. The molecule has 0 spiro atoms. The molecule has 1 aromatic carbocycles. The summed E-state index contributed by atoms with van der Waals surface area (Å²) in [5, 5.41) is 1.12. The molecule has 5 nitrogen and oxygen atoms in total. The van der Waals surface area contributed by atoms with Crippen LogP contribution in [0, 0.1) is 5.82 Å². The number of morpholine rings is 1. The zero-order valence-electron chi connectivity index (χ0n) is 14.3. The molecule has 0 saturated carbocycles. The molecule has 0 aliphatic carbocycles. The molecule has 26 heavy (non-hydrogen) atoms. The van der Waals surface area contributed by atoms with Gasteiger partial charge in [0.15, 0.2) is 0 Å². The Labute approximate surface area is 150 Å². The van der Waals surface area contributed by atoms with Crippen LogP contribution in [0.5, 0.6) is 0 Å². The minimum absolute atomic E-state index is 0.196. The predicted molar refractivity (Wildman–Crippen MR) is 98.1 cm³/mol. The lowest BCUT2D eigenvalue weighted by molar-refractivity contribution is -0.113. The average Bonchev–Trinajstić information content (AvgIpc) is 3.00. The molecule has 3 aliphatic heterocycles. The van der Waals surface area contributed by atoms with E-state index in [1.807, 2.05) is 12.3 Å². The quantitative estimate of drug-likeness (QED) is 0.772. The molecule has 5 heterocycles. The van der Waals surface area contributed by atoms with Crippen LogP contribution in [-0.2, 0) is 17.7 Å². The maximum Gasteiger partial charge on any atom is 0.129 e. The van der Waals surface area contributed by atoms with Crippen LogP contribution in [0.4, 0.5) is 15.9 Å². The van der Waals surface area contributed by atoms with E-state index in [1.165, 1.54) is 17.3 Å². The van der Waals surface area contributed by atoms with E-state index >= 15 is 0 Å². The number of nitrogens with zero attached hydrogens (tertiary/aromatic N) is 3. The molecule has 2 saturated heterocycles. The van der Waals surface area contributed by atoms with Gasteiger partial charge in [-0.05, 0) is 30.3 Å². The summed E-state index contributed by atoms with van der Waals surface area (Å²) >= 11 is 0. The van der Waals surface area contributed by atoms with Gasteiger partial charge in [-0.2, -0.15) is 0 Å². The number of benzene rings is 1. The van der Waals surface area contributed by atoms with Crippen LogP contribution in [0.1, 0.15) is 11.3 Å². The highest BCUT2D eigenvalue weighted by atomic mass is 19.1. The SMILES string of the molecule is Fc1ccc2c3c([nH]c2c1)CCN(c1ccc(N2C[C@@H]4OCC42)nc1)C3. The van der Waals surface area contributed by atoms with Crippen molar-refractivity contribution in [3.05, 3.63) is 53.6 Å². The minimum Gasteiger partial charge on any atom is -0.372 e. The Bertz CT molecular complexity index is 999. The van der Waals surface area contributed by atoms with Gasteiger partial charge in [0, 0.05) is 48.2 Å². The number of nitrogens with one attached hydrogen (secondary N) is 1. The predicted octanol–water partition coefficient (Wildman–Crippen LogP) is 2.85. The lowest BCUT2D eigenvalue weighted by Gasteiger charge is -2.55. The number of ether oxygens (including phenoxy) is 1. The zero-order valence-corrected chi connectivity index (χ0v) is 14.3. The van der Waals surface area contributed by atoms with E-state index in [0.717, 1.165) is 55.1 Å². The smallest absolute Gasteiger partial charge is 0.129 e. The summed E-state index contributed by atoms with van der Waals surface area (Å²) in [5.41, 5.74) is 4.52. The van der Waals surface area contributed by atoms with Crippen molar-refractivity contribution in [2.24, 2.45) is 0 Å². The van der Waals surface area contributed by atoms with E-state index < -0.39 is 0 Å². The van der Waals surface area contributed by atoms with Crippen molar-refractivity contribution in [2.75, 3.05) is 29.5 Å². The molecule has 6 heteroatoms. The molecule has 1 N–H and O–H groups in total. The number of fused-ring (bicyclic) bond motifs is 4. The minimum atomic E-state index is -0.196. The molecule has 3 aromatic rings. The third-order valence-corrected chi connectivity index (χ3v) is 6.02. The first-order valence-corrected chi connectivity index (χ1v) is 9.14. The van der Waals surface area contributed by atoms with Gasteiger partial charge in [-0.25, -0.2) is 9.37 Å². The fraction of sp³-hybridized carbons (Fsp3) is 0.350. The third-order valence-electron chi connectivity index (χ3n) is 6.02. The molecule has 6 rings (SSSR count). The van der Waals surface area contributed by atoms with Crippen LogP contribution < -0.4 is 9.80 Å². The van der Waals surface area contributed by atoms with Crippen molar-refractivity contribution in [1.29, 1.82) is 0 Å². The topological polar surface area (TPSA) is 44.4 Å². The number of halogens is 1.